The number of urea groups is 1. The molecule has 1 heterocycles. The van der Waals surface area contributed by atoms with Gasteiger partial charge in [0.25, 0.3) is 0 Å². The van der Waals surface area contributed by atoms with E-state index < -0.39 is 0 Å². The van der Waals surface area contributed by atoms with Crippen LogP contribution in [0.2, 0.25) is 0 Å². The molecular formula is C23H36N4OS. The third-order valence-electron chi connectivity index (χ3n) is 6.88. The summed E-state index contributed by atoms with van der Waals surface area (Å²) in [5.74, 6) is 0.964. The first-order valence-electron chi connectivity index (χ1n) is 11.4. The number of nitrogens with zero attached hydrogens (tertiary/aromatic N) is 2. The predicted octanol–water partition coefficient (Wildman–Crippen LogP) is 3.85. The third-order valence-corrected chi connectivity index (χ3v) is 7.71. The molecule has 160 valence electrons. The van der Waals surface area contributed by atoms with Gasteiger partial charge in [0.15, 0.2) is 0 Å². The van der Waals surface area contributed by atoms with Crippen LogP contribution in [0.25, 0.3) is 0 Å². The average Bonchev–Trinajstić information content (AvgIpc) is 3.37. The molecule has 0 aromatic heterocycles. The normalized spacial score (nSPS) is 19.4. The summed E-state index contributed by atoms with van der Waals surface area (Å²) in [6.07, 6.45) is 10.6. The fraction of sp³-hybridized carbons (Fsp3) is 0.696. The molecule has 6 heteroatoms. The second-order valence-electron chi connectivity index (χ2n) is 9.03. The Balaban J connectivity index is 1.18. The number of hydrogen-bond acceptors (Lipinski definition) is 4. The van der Waals surface area contributed by atoms with Crippen LogP contribution in [0.5, 0.6) is 0 Å². The lowest BCUT2D eigenvalue weighted by atomic mass is 9.99. The zero-order chi connectivity index (χ0) is 20.2. The van der Waals surface area contributed by atoms with Gasteiger partial charge in [-0.2, -0.15) is 0 Å². The first-order valence-corrected chi connectivity index (χ1v) is 12.3. The topological polar surface area (TPSA) is 47.6 Å². The third kappa shape index (κ3) is 5.09. The molecule has 0 radical (unpaired) electrons. The minimum atomic E-state index is -0.0591. The Bertz CT molecular complexity index is 696. The molecule has 0 atom stereocenters. The summed E-state index contributed by atoms with van der Waals surface area (Å²) in [4.78, 5) is 17.4. The van der Waals surface area contributed by atoms with Crippen molar-refractivity contribution in [3.05, 3.63) is 28.3 Å². The Labute approximate surface area is 180 Å². The highest BCUT2D eigenvalue weighted by atomic mass is 32.2. The number of anilines is 1. The van der Waals surface area contributed by atoms with E-state index in [1.807, 2.05) is 0 Å². The zero-order valence-corrected chi connectivity index (χ0v) is 18.9. The number of carbonyl (C=O) groups is 1. The number of fused-ring (bicyclic) bond motifs is 2. The van der Waals surface area contributed by atoms with Gasteiger partial charge in [0, 0.05) is 17.5 Å². The Morgan fingerprint density at radius 1 is 1.10 bits per heavy atom. The monoisotopic (exact) mass is 416 g/mol. The van der Waals surface area contributed by atoms with Gasteiger partial charge in [0.2, 0.25) is 0 Å². The van der Waals surface area contributed by atoms with Gasteiger partial charge in [0.1, 0.15) is 0 Å². The van der Waals surface area contributed by atoms with Crippen LogP contribution in [0.3, 0.4) is 0 Å². The second-order valence-corrected chi connectivity index (χ2v) is 9.93. The van der Waals surface area contributed by atoms with Crippen LogP contribution in [-0.2, 0) is 25.7 Å². The zero-order valence-electron chi connectivity index (χ0n) is 18.1. The second kappa shape index (κ2) is 9.71. The number of piperidine rings is 1. The molecule has 2 amide bonds. The summed E-state index contributed by atoms with van der Waals surface area (Å²) in [7, 11) is 4.37. The summed E-state index contributed by atoms with van der Waals surface area (Å²) >= 11 is 1.54. The van der Waals surface area contributed by atoms with Crippen molar-refractivity contribution in [1.29, 1.82) is 0 Å². The minimum absolute atomic E-state index is 0.0591. The maximum atomic E-state index is 12.5. The lowest BCUT2D eigenvalue weighted by Crippen LogP contribution is -2.42. The van der Waals surface area contributed by atoms with Gasteiger partial charge in [0.05, 0.1) is 0 Å². The van der Waals surface area contributed by atoms with Crippen LogP contribution in [-0.4, -0.2) is 61.4 Å². The maximum absolute atomic E-state index is 12.5. The number of aryl methyl sites for hydroxylation is 2. The Morgan fingerprint density at radius 3 is 2.38 bits per heavy atom. The van der Waals surface area contributed by atoms with E-state index in [1.54, 1.807) is 11.9 Å². The molecule has 1 aliphatic heterocycles. The largest absolute Gasteiger partial charge is 0.329 e. The number of nitrogens with one attached hydrogen (secondary N) is 2. The fourth-order valence-corrected chi connectivity index (χ4v) is 5.80. The highest BCUT2D eigenvalue weighted by Crippen LogP contribution is 2.38. The maximum Gasteiger partial charge on any atom is 0.329 e. The number of benzene rings is 1. The number of amides is 2. The predicted molar refractivity (Wildman–Crippen MR) is 123 cm³/mol. The molecule has 0 bridgehead atoms. The highest BCUT2D eigenvalue weighted by Gasteiger charge is 2.25. The SMILES string of the molecule is CN(C)C1CCN(CCCSNC(=O)Nc2c3c(cc4c2CCC4)CCC3)CC1. The van der Waals surface area contributed by atoms with Gasteiger partial charge in [-0.15, -0.1) is 0 Å². The van der Waals surface area contributed by atoms with Crippen LogP contribution >= 0.6 is 11.9 Å². The standard InChI is InChI=1S/C23H36N4OS/c1-26(2)19-10-13-27(14-11-19)12-5-15-29-25-23(28)24-22-20-8-3-6-17(20)16-18-7-4-9-21(18)22/h16,19H,3-15H2,1-2H3,(H2,24,25,28). The van der Waals surface area contributed by atoms with Gasteiger partial charge < -0.3 is 15.1 Å². The average molecular weight is 417 g/mol. The molecule has 1 aromatic rings. The Kier molecular flexibility index (Phi) is 7.04. The summed E-state index contributed by atoms with van der Waals surface area (Å²) in [6.45, 7) is 3.54. The van der Waals surface area contributed by atoms with Gasteiger partial charge in [-0.1, -0.05) is 6.07 Å². The van der Waals surface area contributed by atoms with Crippen molar-refractivity contribution in [2.75, 3.05) is 44.8 Å². The molecule has 3 aliphatic rings. The van der Waals surface area contributed by atoms with Crippen molar-refractivity contribution in [3.63, 3.8) is 0 Å². The van der Waals surface area contributed by atoms with E-state index >= 15 is 0 Å². The Morgan fingerprint density at radius 2 is 1.76 bits per heavy atom. The summed E-state index contributed by atoms with van der Waals surface area (Å²) < 4.78 is 3.01. The van der Waals surface area contributed by atoms with E-state index in [1.165, 1.54) is 73.9 Å². The van der Waals surface area contributed by atoms with Crippen molar-refractivity contribution in [1.82, 2.24) is 14.5 Å². The lowest BCUT2D eigenvalue weighted by Gasteiger charge is -2.35. The first kappa shape index (κ1) is 21.0. The number of hydrogen-bond donors (Lipinski definition) is 2. The fourth-order valence-electron chi connectivity index (χ4n) is 5.24. The van der Waals surface area contributed by atoms with Crippen molar-refractivity contribution < 1.29 is 4.79 Å². The van der Waals surface area contributed by atoms with E-state index in [-0.39, 0.29) is 6.03 Å². The van der Waals surface area contributed by atoms with Crippen molar-refractivity contribution in [2.24, 2.45) is 0 Å². The van der Waals surface area contributed by atoms with Crippen LogP contribution in [0.15, 0.2) is 6.07 Å². The van der Waals surface area contributed by atoms with Gasteiger partial charge in [-0.05, 0) is 126 Å². The minimum Gasteiger partial charge on any atom is -0.307 e. The highest BCUT2D eigenvalue weighted by molar-refractivity contribution is 7.97. The summed E-state index contributed by atoms with van der Waals surface area (Å²) in [6, 6.07) is 3.09. The molecule has 2 N–H and O–H groups in total. The summed E-state index contributed by atoms with van der Waals surface area (Å²) in [5.41, 5.74) is 6.85. The van der Waals surface area contributed by atoms with Gasteiger partial charge in [-0.3, -0.25) is 4.72 Å². The molecule has 0 unspecified atom stereocenters. The number of rotatable bonds is 7. The van der Waals surface area contributed by atoms with E-state index in [2.05, 4.69) is 40.0 Å². The number of carbonyl (C=O) groups excluding carboxylic acids is 1. The molecule has 1 saturated heterocycles. The molecule has 0 saturated carbocycles. The van der Waals surface area contributed by atoms with Crippen LogP contribution in [0.1, 0.15) is 54.4 Å². The van der Waals surface area contributed by atoms with Gasteiger partial charge in [-0.25, -0.2) is 4.79 Å². The van der Waals surface area contributed by atoms with E-state index in [9.17, 15) is 4.79 Å². The number of likely N-dealkylation sites (tertiary alicyclic amines) is 1. The molecule has 2 aliphatic carbocycles. The summed E-state index contributed by atoms with van der Waals surface area (Å²) in [5, 5.41) is 3.21. The molecule has 1 aromatic carbocycles. The van der Waals surface area contributed by atoms with Gasteiger partial charge >= 0.3 is 6.03 Å². The van der Waals surface area contributed by atoms with Crippen LogP contribution < -0.4 is 10.0 Å². The molecule has 5 nitrogen and oxygen atoms in total. The van der Waals surface area contributed by atoms with Crippen molar-refractivity contribution >= 4 is 23.7 Å². The van der Waals surface area contributed by atoms with Crippen LogP contribution in [0, 0.1) is 0 Å². The smallest absolute Gasteiger partial charge is 0.307 e. The van der Waals surface area contributed by atoms with E-state index in [0.717, 1.165) is 43.3 Å². The first-order chi connectivity index (χ1) is 14.1. The lowest BCUT2D eigenvalue weighted by molar-refractivity contribution is 0.145. The van der Waals surface area contributed by atoms with Crippen molar-refractivity contribution in [3.8, 4) is 0 Å². The molecule has 0 spiro atoms. The van der Waals surface area contributed by atoms with Crippen molar-refractivity contribution in [2.45, 2.75) is 63.8 Å². The van der Waals surface area contributed by atoms with E-state index in [0.29, 0.717) is 0 Å². The molecule has 29 heavy (non-hydrogen) atoms. The van der Waals surface area contributed by atoms with Crippen LogP contribution in [0.4, 0.5) is 10.5 Å². The molecule has 1 fully saturated rings. The molecule has 4 rings (SSSR count). The van der Waals surface area contributed by atoms with E-state index in [4.69, 9.17) is 0 Å². The Hall–Kier alpha value is -1.24. The molecular weight excluding hydrogens is 380 g/mol. The quantitative estimate of drug-likeness (QED) is 0.524.